The number of halogens is 1. The summed E-state index contributed by atoms with van der Waals surface area (Å²) in [4.78, 5) is 11.6. The number of nitrogen functional groups attached to an aromatic ring is 1. The summed E-state index contributed by atoms with van der Waals surface area (Å²) in [5.41, 5.74) is 5.19. The molecule has 154 valence electrons. The normalized spacial score (nSPS) is 11.0. The number of nitriles is 1. The smallest absolute Gasteiger partial charge is 0.357 e. The van der Waals surface area contributed by atoms with E-state index in [0.29, 0.717) is 10.8 Å². The molecule has 0 aliphatic heterocycles. The quantitative estimate of drug-likeness (QED) is 0.447. The average Bonchev–Trinajstić information content (AvgIpc) is 3.04. The zero-order valence-corrected chi connectivity index (χ0v) is 16.9. The Morgan fingerprint density at radius 2 is 1.83 bits per heavy atom. The van der Waals surface area contributed by atoms with Gasteiger partial charge in [-0.15, -0.1) is 0 Å². The second-order valence-corrected chi connectivity index (χ2v) is 7.77. The van der Waals surface area contributed by atoms with E-state index in [-0.39, 0.29) is 28.4 Å². The van der Waals surface area contributed by atoms with Crippen LogP contribution in [-0.2, 0) is 14.9 Å². The monoisotopic (exact) mass is 447 g/mol. The third-order valence-electron chi connectivity index (χ3n) is 4.06. The van der Waals surface area contributed by atoms with Gasteiger partial charge in [-0.1, -0.05) is 11.6 Å². The molecule has 1 heterocycles. The Balaban J connectivity index is 2.18. The standard InChI is InChI=1S/C19H14ClN3O6S/c1-28-19(24)18-17(22)11(9-21)10-23(18)15-7-6-14(8-16(15)30(25,26)27)29-13-4-2-12(20)3-5-13/h2-8,10H,22H2,1H3,(H,25,26,27). The predicted molar refractivity (Wildman–Crippen MR) is 108 cm³/mol. The maximum absolute atomic E-state index is 12.2. The lowest BCUT2D eigenvalue weighted by Gasteiger charge is -2.14. The summed E-state index contributed by atoms with van der Waals surface area (Å²) in [5, 5.41) is 9.71. The van der Waals surface area contributed by atoms with Crippen molar-refractivity contribution in [3.05, 3.63) is 64.9 Å². The van der Waals surface area contributed by atoms with Gasteiger partial charge in [0, 0.05) is 17.3 Å². The van der Waals surface area contributed by atoms with Crippen LogP contribution in [0.25, 0.3) is 5.69 Å². The van der Waals surface area contributed by atoms with Crippen molar-refractivity contribution in [1.82, 2.24) is 4.57 Å². The molecule has 0 unspecified atom stereocenters. The molecule has 11 heteroatoms. The fourth-order valence-corrected chi connectivity index (χ4v) is 3.53. The summed E-state index contributed by atoms with van der Waals surface area (Å²) in [6.07, 6.45) is 1.17. The molecule has 0 saturated heterocycles. The summed E-state index contributed by atoms with van der Waals surface area (Å²) < 4.78 is 45.2. The number of anilines is 1. The molecular formula is C19H14ClN3O6S. The molecule has 0 amide bonds. The lowest BCUT2D eigenvalue weighted by Crippen LogP contribution is -2.13. The van der Waals surface area contributed by atoms with Gasteiger partial charge in [0.15, 0.2) is 5.69 Å². The highest BCUT2D eigenvalue weighted by molar-refractivity contribution is 7.86. The molecule has 3 N–H and O–H groups in total. The van der Waals surface area contributed by atoms with E-state index in [2.05, 4.69) is 4.74 Å². The van der Waals surface area contributed by atoms with E-state index < -0.39 is 21.0 Å². The minimum absolute atomic E-state index is 0.0711. The minimum atomic E-state index is -4.76. The number of nitrogens with two attached hydrogens (primary N) is 1. The number of aromatic nitrogens is 1. The first-order chi connectivity index (χ1) is 14.2. The van der Waals surface area contributed by atoms with Crippen LogP contribution in [0.1, 0.15) is 16.1 Å². The molecule has 0 aliphatic carbocycles. The fourth-order valence-electron chi connectivity index (χ4n) is 2.71. The SMILES string of the molecule is COC(=O)c1c(N)c(C#N)cn1-c1ccc(Oc2ccc(Cl)cc2)cc1S(=O)(=O)O. The number of carbonyl (C=O) groups is 1. The lowest BCUT2D eigenvalue weighted by molar-refractivity contribution is 0.0593. The topological polar surface area (TPSA) is 145 Å². The van der Waals surface area contributed by atoms with E-state index in [1.165, 1.54) is 18.3 Å². The molecule has 0 fully saturated rings. The van der Waals surface area contributed by atoms with Gasteiger partial charge in [-0.2, -0.15) is 13.7 Å². The van der Waals surface area contributed by atoms with Crippen LogP contribution in [0.2, 0.25) is 5.02 Å². The van der Waals surface area contributed by atoms with E-state index in [1.54, 1.807) is 24.3 Å². The lowest BCUT2D eigenvalue weighted by atomic mass is 10.2. The molecule has 30 heavy (non-hydrogen) atoms. The molecule has 3 rings (SSSR count). The highest BCUT2D eigenvalue weighted by Crippen LogP contribution is 2.32. The van der Waals surface area contributed by atoms with Gasteiger partial charge in [-0.05, 0) is 36.4 Å². The van der Waals surface area contributed by atoms with Crippen LogP contribution >= 0.6 is 11.6 Å². The Kier molecular flexibility index (Phi) is 5.71. The molecule has 0 saturated carbocycles. The summed E-state index contributed by atoms with van der Waals surface area (Å²) >= 11 is 5.83. The second-order valence-electron chi connectivity index (χ2n) is 5.94. The molecule has 9 nitrogen and oxygen atoms in total. The van der Waals surface area contributed by atoms with Crippen LogP contribution in [0.3, 0.4) is 0 Å². The maximum Gasteiger partial charge on any atom is 0.357 e. The maximum atomic E-state index is 12.2. The minimum Gasteiger partial charge on any atom is -0.464 e. The van der Waals surface area contributed by atoms with Gasteiger partial charge in [-0.3, -0.25) is 4.55 Å². The number of nitrogens with zero attached hydrogens (tertiary/aromatic N) is 2. The van der Waals surface area contributed by atoms with Gasteiger partial charge < -0.3 is 19.8 Å². The fraction of sp³-hybridized carbons (Fsp3) is 0.0526. The van der Waals surface area contributed by atoms with E-state index in [1.807, 2.05) is 6.07 Å². The number of benzene rings is 2. The van der Waals surface area contributed by atoms with Crippen LogP contribution in [-0.4, -0.2) is 30.6 Å². The zero-order chi connectivity index (χ0) is 22.1. The molecule has 2 aromatic carbocycles. The largest absolute Gasteiger partial charge is 0.464 e. The Morgan fingerprint density at radius 3 is 2.40 bits per heavy atom. The number of rotatable bonds is 5. The number of hydrogen-bond acceptors (Lipinski definition) is 7. The number of carbonyl (C=O) groups excluding carboxylic acids is 1. The first-order valence-corrected chi connectivity index (χ1v) is 10.0. The van der Waals surface area contributed by atoms with Gasteiger partial charge in [0.1, 0.15) is 22.5 Å². The van der Waals surface area contributed by atoms with Crippen LogP contribution in [0.15, 0.2) is 53.6 Å². The van der Waals surface area contributed by atoms with Gasteiger partial charge in [0.2, 0.25) is 0 Å². The van der Waals surface area contributed by atoms with E-state index in [4.69, 9.17) is 22.1 Å². The van der Waals surface area contributed by atoms with Gasteiger partial charge >= 0.3 is 5.97 Å². The van der Waals surface area contributed by atoms with Crippen molar-refractivity contribution in [2.45, 2.75) is 4.90 Å². The van der Waals surface area contributed by atoms with E-state index in [9.17, 15) is 23.0 Å². The van der Waals surface area contributed by atoms with Gasteiger partial charge in [-0.25, -0.2) is 4.79 Å². The van der Waals surface area contributed by atoms with Crippen LogP contribution in [0, 0.1) is 11.3 Å². The summed E-state index contributed by atoms with van der Waals surface area (Å²) in [7, 11) is -3.65. The average molecular weight is 448 g/mol. The van der Waals surface area contributed by atoms with Crippen molar-refractivity contribution in [1.29, 1.82) is 5.26 Å². The van der Waals surface area contributed by atoms with Crippen molar-refractivity contribution in [3.8, 4) is 23.3 Å². The Morgan fingerprint density at radius 1 is 1.20 bits per heavy atom. The third kappa shape index (κ3) is 4.08. The Bertz CT molecular complexity index is 1280. The summed E-state index contributed by atoms with van der Waals surface area (Å²) in [6.45, 7) is 0. The molecule has 0 aliphatic rings. The summed E-state index contributed by atoms with van der Waals surface area (Å²) in [6, 6.07) is 11.9. The van der Waals surface area contributed by atoms with E-state index >= 15 is 0 Å². The highest BCUT2D eigenvalue weighted by atomic mass is 35.5. The Labute approximate surface area is 176 Å². The predicted octanol–water partition coefficient (Wildman–Crippen LogP) is 3.41. The molecule has 0 spiro atoms. The highest BCUT2D eigenvalue weighted by Gasteiger charge is 2.26. The molecule has 0 radical (unpaired) electrons. The number of esters is 1. The van der Waals surface area contributed by atoms with Crippen LogP contribution < -0.4 is 10.5 Å². The molecule has 1 aromatic heterocycles. The van der Waals surface area contributed by atoms with Crippen molar-refractivity contribution in [3.63, 3.8) is 0 Å². The zero-order valence-electron chi connectivity index (χ0n) is 15.4. The van der Waals surface area contributed by atoms with Crippen LogP contribution in [0.4, 0.5) is 5.69 Å². The first kappa shape index (κ1) is 21.2. The molecular weight excluding hydrogens is 434 g/mol. The van der Waals surface area contributed by atoms with E-state index in [0.717, 1.165) is 17.7 Å². The molecule has 0 atom stereocenters. The van der Waals surface area contributed by atoms with Crippen molar-refractivity contribution in [2.75, 3.05) is 12.8 Å². The Hall–Kier alpha value is -3.52. The second kappa shape index (κ2) is 8.08. The third-order valence-corrected chi connectivity index (χ3v) is 5.20. The van der Waals surface area contributed by atoms with Crippen molar-refractivity contribution < 1.29 is 27.2 Å². The van der Waals surface area contributed by atoms with Crippen LogP contribution in [0.5, 0.6) is 11.5 Å². The van der Waals surface area contributed by atoms with Crippen molar-refractivity contribution >= 4 is 33.4 Å². The first-order valence-electron chi connectivity index (χ1n) is 8.20. The summed E-state index contributed by atoms with van der Waals surface area (Å²) in [5.74, 6) is -0.425. The number of ether oxygens (including phenoxy) is 2. The van der Waals surface area contributed by atoms with Crippen molar-refractivity contribution in [2.24, 2.45) is 0 Å². The van der Waals surface area contributed by atoms with Gasteiger partial charge in [0.05, 0.1) is 24.0 Å². The molecule has 3 aromatic rings. The molecule has 0 bridgehead atoms. The number of methoxy groups -OCH3 is 1. The van der Waals surface area contributed by atoms with Gasteiger partial charge in [0.25, 0.3) is 10.1 Å². The number of hydrogen-bond donors (Lipinski definition) is 2.